The van der Waals surface area contributed by atoms with Crippen molar-refractivity contribution in [2.75, 3.05) is 23.3 Å². The predicted octanol–water partition coefficient (Wildman–Crippen LogP) is 3.57. The molecular weight excluding hydrogens is 314 g/mol. The standard InChI is InChI=1S/C20H23N3O2/c1-14-7-9-17(10-8-14)21-20(25)22-11-12-23(19(24)16(22)3)18-6-4-5-15(2)13-18/h4-10,13,16H,11-12H2,1-3H3,(H,21,25)/t16-/m1/s1. The average molecular weight is 337 g/mol. The van der Waals surface area contributed by atoms with E-state index >= 15 is 0 Å². The van der Waals surface area contributed by atoms with E-state index in [9.17, 15) is 9.59 Å². The van der Waals surface area contributed by atoms with Crippen LogP contribution in [0.1, 0.15) is 18.1 Å². The molecule has 1 aliphatic heterocycles. The Kier molecular flexibility index (Phi) is 4.74. The second-order valence-corrected chi connectivity index (χ2v) is 6.49. The molecule has 130 valence electrons. The van der Waals surface area contributed by atoms with Gasteiger partial charge in [-0.2, -0.15) is 0 Å². The second kappa shape index (κ2) is 6.97. The molecule has 0 spiro atoms. The molecule has 0 unspecified atom stereocenters. The van der Waals surface area contributed by atoms with Gasteiger partial charge in [0.15, 0.2) is 0 Å². The van der Waals surface area contributed by atoms with Gasteiger partial charge in [-0.25, -0.2) is 4.79 Å². The van der Waals surface area contributed by atoms with Crippen molar-refractivity contribution >= 4 is 23.3 Å². The third-order valence-corrected chi connectivity index (χ3v) is 4.53. The van der Waals surface area contributed by atoms with Crippen molar-refractivity contribution in [1.82, 2.24) is 4.90 Å². The number of piperazine rings is 1. The number of aryl methyl sites for hydroxylation is 2. The highest BCUT2D eigenvalue weighted by Gasteiger charge is 2.35. The molecule has 0 saturated carbocycles. The van der Waals surface area contributed by atoms with Crippen LogP contribution in [0.2, 0.25) is 0 Å². The van der Waals surface area contributed by atoms with Crippen LogP contribution in [-0.4, -0.2) is 36.0 Å². The van der Waals surface area contributed by atoms with Gasteiger partial charge in [0.25, 0.3) is 0 Å². The summed E-state index contributed by atoms with van der Waals surface area (Å²) in [5.74, 6) is -0.0593. The zero-order valence-corrected chi connectivity index (χ0v) is 14.8. The van der Waals surface area contributed by atoms with Crippen LogP contribution in [0, 0.1) is 13.8 Å². The van der Waals surface area contributed by atoms with Crippen LogP contribution < -0.4 is 10.2 Å². The summed E-state index contributed by atoms with van der Waals surface area (Å²) in [6.45, 7) is 6.77. The van der Waals surface area contributed by atoms with Gasteiger partial charge in [0.1, 0.15) is 6.04 Å². The minimum Gasteiger partial charge on any atom is -0.311 e. The van der Waals surface area contributed by atoms with Gasteiger partial charge in [-0.3, -0.25) is 4.79 Å². The zero-order valence-electron chi connectivity index (χ0n) is 14.8. The van der Waals surface area contributed by atoms with Crippen LogP contribution in [0.4, 0.5) is 16.2 Å². The summed E-state index contributed by atoms with van der Waals surface area (Å²) in [6, 6.07) is 14.7. The molecule has 1 aliphatic rings. The van der Waals surface area contributed by atoms with Gasteiger partial charge in [0, 0.05) is 24.5 Å². The smallest absolute Gasteiger partial charge is 0.311 e. The highest BCUT2D eigenvalue weighted by molar-refractivity contribution is 6.01. The predicted molar refractivity (Wildman–Crippen MR) is 99.9 cm³/mol. The molecule has 0 aromatic heterocycles. The highest BCUT2D eigenvalue weighted by atomic mass is 16.2. The summed E-state index contributed by atoms with van der Waals surface area (Å²) in [5.41, 5.74) is 3.86. The van der Waals surface area contributed by atoms with Gasteiger partial charge in [0.2, 0.25) is 5.91 Å². The lowest BCUT2D eigenvalue weighted by Crippen LogP contribution is -2.58. The first kappa shape index (κ1) is 17.0. The van der Waals surface area contributed by atoms with Crippen molar-refractivity contribution in [3.05, 3.63) is 59.7 Å². The molecule has 3 rings (SSSR count). The zero-order chi connectivity index (χ0) is 18.0. The van der Waals surface area contributed by atoms with Crippen molar-refractivity contribution in [3.8, 4) is 0 Å². The van der Waals surface area contributed by atoms with Crippen molar-refractivity contribution in [3.63, 3.8) is 0 Å². The molecule has 2 aromatic rings. The summed E-state index contributed by atoms with van der Waals surface area (Å²) < 4.78 is 0. The number of carbonyl (C=O) groups is 2. The maximum Gasteiger partial charge on any atom is 0.322 e. The van der Waals surface area contributed by atoms with Gasteiger partial charge < -0.3 is 15.1 Å². The molecule has 2 aromatic carbocycles. The number of anilines is 2. The highest BCUT2D eigenvalue weighted by Crippen LogP contribution is 2.22. The number of carbonyl (C=O) groups excluding carboxylic acids is 2. The summed E-state index contributed by atoms with van der Waals surface area (Å²) >= 11 is 0. The van der Waals surface area contributed by atoms with Crippen molar-refractivity contribution in [2.45, 2.75) is 26.8 Å². The molecular formula is C20H23N3O2. The third kappa shape index (κ3) is 3.65. The van der Waals surface area contributed by atoms with Gasteiger partial charge in [-0.05, 0) is 50.6 Å². The van der Waals surface area contributed by atoms with Crippen LogP contribution in [0.3, 0.4) is 0 Å². The molecule has 5 nitrogen and oxygen atoms in total. The first-order valence-electron chi connectivity index (χ1n) is 8.48. The largest absolute Gasteiger partial charge is 0.322 e. The number of urea groups is 1. The molecule has 0 radical (unpaired) electrons. The Morgan fingerprint density at radius 3 is 2.44 bits per heavy atom. The number of hydrogen-bond donors (Lipinski definition) is 1. The topological polar surface area (TPSA) is 52.7 Å². The van der Waals surface area contributed by atoms with Crippen molar-refractivity contribution < 1.29 is 9.59 Å². The maximum atomic E-state index is 12.8. The van der Waals surface area contributed by atoms with Crippen LogP contribution in [0.25, 0.3) is 0 Å². The fraction of sp³-hybridized carbons (Fsp3) is 0.300. The van der Waals surface area contributed by atoms with E-state index in [-0.39, 0.29) is 11.9 Å². The first-order chi connectivity index (χ1) is 12.0. The van der Waals surface area contributed by atoms with Crippen molar-refractivity contribution in [1.29, 1.82) is 0 Å². The molecule has 3 amide bonds. The minimum atomic E-state index is -0.500. The molecule has 25 heavy (non-hydrogen) atoms. The van der Waals surface area contributed by atoms with E-state index in [1.807, 2.05) is 62.4 Å². The van der Waals surface area contributed by atoms with E-state index in [0.29, 0.717) is 13.1 Å². The Morgan fingerprint density at radius 1 is 1.04 bits per heavy atom. The SMILES string of the molecule is Cc1ccc(NC(=O)N2CCN(c3cccc(C)c3)C(=O)[C@H]2C)cc1. The molecule has 5 heteroatoms. The van der Waals surface area contributed by atoms with E-state index in [1.54, 1.807) is 16.7 Å². The van der Waals surface area contributed by atoms with E-state index in [4.69, 9.17) is 0 Å². The van der Waals surface area contributed by atoms with Crippen molar-refractivity contribution in [2.24, 2.45) is 0 Å². The Balaban J connectivity index is 1.70. The molecule has 0 aliphatic carbocycles. The number of nitrogens with zero attached hydrogens (tertiary/aromatic N) is 2. The Morgan fingerprint density at radius 2 is 1.76 bits per heavy atom. The van der Waals surface area contributed by atoms with E-state index in [2.05, 4.69) is 5.32 Å². The quantitative estimate of drug-likeness (QED) is 0.911. The fourth-order valence-electron chi connectivity index (χ4n) is 3.03. The molecule has 1 N–H and O–H groups in total. The van der Waals surface area contributed by atoms with Gasteiger partial charge in [-0.15, -0.1) is 0 Å². The van der Waals surface area contributed by atoms with Crippen LogP contribution >= 0.6 is 0 Å². The molecule has 0 bridgehead atoms. The molecule has 1 atom stereocenters. The average Bonchev–Trinajstić information content (AvgIpc) is 2.59. The monoisotopic (exact) mass is 337 g/mol. The van der Waals surface area contributed by atoms with Gasteiger partial charge in [0.05, 0.1) is 0 Å². The van der Waals surface area contributed by atoms with Crippen LogP contribution in [0.5, 0.6) is 0 Å². The Labute approximate surface area is 148 Å². The number of rotatable bonds is 2. The number of hydrogen-bond acceptors (Lipinski definition) is 2. The minimum absolute atomic E-state index is 0.0593. The van der Waals surface area contributed by atoms with E-state index < -0.39 is 6.04 Å². The Bertz CT molecular complexity index is 786. The van der Waals surface area contributed by atoms with Gasteiger partial charge in [-0.1, -0.05) is 29.8 Å². The lowest BCUT2D eigenvalue weighted by molar-refractivity contribution is -0.123. The number of nitrogens with one attached hydrogen (secondary N) is 1. The summed E-state index contributed by atoms with van der Waals surface area (Å²) in [5, 5.41) is 2.87. The summed E-state index contributed by atoms with van der Waals surface area (Å²) in [4.78, 5) is 28.7. The molecule has 1 fully saturated rings. The maximum absolute atomic E-state index is 12.8. The van der Waals surface area contributed by atoms with Crippen LogP contribution in [-0.2, 0) is 4.79 Å². The summed E-state index contributed by atoms with van der Waals surface area (Å²) in [7, 11) is 0. The summed E-state index contributed by atoms with van der Waals surface area (Å²) in [6.07, 6.45) is 0. The molecule has 1 heterocycles. The van der Waals surface area contributed by atoms with Crippen LogP contribution in [0.15, 0.2) is 48.5 Å². The number of benzene rings is 2. The lowest BCUT2D eigenvalue weighted by atomic mass is 10.1. The van der Waals surface area contributed by atoms with E-state index in [1.165, 1.54) is 0 Å². The fourth-order valence-corrected chi connectivity index (χ4v) is 3.03. The molecule has 1 saturated heterocycles. The lowest BCUT2D eigenvalue weighted by Gasteiger charge is -2.39. The number of amides is 3. The normalized spacial score (nSPS) is 17.6. The second-order valence-electron chi connectivity index (χ2n) is 6.49. The third-order valence-electron chi connectivity index (χ3n) is 4.53. The van der Waals surface area contributed by atoms with Gasteiger partial charge >= 0.3 is 6.03 Å². The Hall–Kier alpha value is -2.82. The van der Waals surface area contributed by atoms with E-state index in [0.717, 1.165) is 22.5 Å². The first-order valence-corrected chi connectivity index (χ1v) is 8.48.